The van der Waals surface area contributed by atoms with Crippen LogP contribution in [0.1, 0.15) is 19.8 Å². The quantitative estimate of drug-likeness (QED) is 0.544. The van der Waals surface area contributed by atoms with Crippen LogP contribution in [0.5, 0.6) is 0 Å². The second-order valence-corrected chi connectivity index (χ2v) is 3.49. The number of hydrogen-bond acceptors (Lipinski definition) is 2. The predicted octanol–water partition coefficient (Wildman–Crippen LogP) is 0.895. The third-order valence-electron chi connectivity index (χ3n) is 2.33. The van der Waals surface area contributed by atoms with Crippen molar-refractivity contribution < 1.29 is 9.53 Å². The van der Waals surface area contributed by atoms with Crippen molar-refractivity contribution in [3.05, 3.63) is 0 Å². The van der Waals surface area contributed by atoms with Crippen LogP contribution in [-0.2, 0) is 4.74 Å². The summed E-state index contributed by atoms with van der Waals surface area (Å²) in [4.78, 5) is 10.6. The maximum Gasteiger partial charge on any atom is 0.407 e. The topological polar surface area (TPSA) is 38.3 Å². The molecule has 1 aliphatic heterocycles. The van der Waals surface area contributed by atoms with Crippen molar-refractivity contribution in [2.24, 2.45) is 5.92 Å². The Hall–Kier alpha value is -0.730. The Labute approximate surface area is 59.7 Å². The Morgan fingerprint density at radius 1 is 1.70 bits per heavy atom. The fourth-order valence-corrected chi connectivity index (χ4v) is 1.99. The van der Waals surface area contributed by atoms with Gasteiger partial charge >= 0.3 is 6.09 Å². The van der Waals surface area contributed by atoms with Crippen LogP contribution in [0, 0.1) is 5.92 Å². The lowest BCUT2D eigenvalue weighted by Gasteiger charge is -2.41. The first-order valence-corrected chi connectivity index (χ1v) is 3.65. The second-order valence-electron chi connectivity index (χ2n) is 3.49. The molecule has 0 aromatic rings. The van der Waals surface area contributed by atoms with Gasteiger partial charge in [-0.3, -0.25) is 0 Å². The standard InChI is InChI=1S/C7H11NO2/c1-5-2-7(3-5)4-10-6(9)8-7/h5H,2-4H2,1H3,(H,8,9). The predicted molar refractivity (Wildman–Crippen MR) is 35.6 cm³/mol. The monoisotopic (exact) mass is 141 g/mol. The largest absolute Gasteiger partial charge is 0.447 e. The number of carbonyl (C=O) groups excluding carboxylic acids is 1. The van der Waals surface area contributed by atoms with Crippen LogP contribution in [0.25, 0.3) is 0 Å². The molecule has 3 heteroatoms. The summed E-state index contributed by atoms with van der Waals surface area (Å²) in [5.74, 6) is 0.752. The highest BCUT2D eigenvalue weighted by Gasteiger charge is 2.48. The molecule has 0 aromatic heterocycles. The number of rotatable bonds is 0. The summed E-state index contributed by atoms with van der Waals surface area (Å²) < 4.78 is 4.81. The molecule has 0 unspecified atom stereocenters. The van der Waals surface area contributed by atoms with E-state index in [0.717, 1.165) is 18.8 Å². The van der Waals surface area contributed by atoms with E-state index in [0.29, 0.717) is 6.61 Å². The van der Waals surface area contributed by atoms with Crippen LogP contribution in [-0.4, -0.2) is 18.2 Å². The average Bonchev–Trinajstić information content (AvgIpc) is 2.10. The van der Waals surface area contributed by atoms with Gasteiger partial charge in [0, 0.05) is 0 Å². The van der Waals surface area contributed by atoms with Crippen molar-refractivity contribution in [2.75, 3.05) is 6.61 Å². The lowest BCUT2D eigenvalue weighted by atomic mass is 9.70. The van der Waals surface area contributed by atoms with Gasteiger partial charge in [-0.25, -0.2) is 4.79 Å². The zero-order valence-corrected chi connectivity index (χ0v) is 6.02. The van der Waals surface area contributed by atoms with Gasteiger partial charge in [0.05, 0.1) is 5.54 Å². The van der Waals surface area contributed by atoms with Crippen molar-refractivity contribution in [3.8, 4) is 0 Å². The fraction of sp³-hybridized carbons (Fsp3) is 0.857. The zero-order valence-electron chi connectivity index (χ0n) is 6.02. The summed E-state index contributed by atoms with van der Waals surface area (Å²) in [6, 6.07) is 0. The van der Waals surface area contributed by atoms with Crippen LogP contribution in [0.4, 0.5) is 4.79 Å². The number of cyclic esters (lactones) is 1. The summed E-state index contributed by atoms with van der Waals surface area (Å²) in [6.07, 6.45) is 1.92. The fourth-order valence-electron chi connectivity index (χ4n) is 1.99. The molecule has 3 nitrogen and oxygen atoms in total. The molecule has 2 rings (SSSR count). The van der Waals surface area contributed by atoms with Crippen LogP contribution >= 0.6 is 0 Å². The van der Waals surface area contributed by atoms with E-state index < -0.39 is 0 Å². The third-order valence-corrected chi connectivity index (χ3v) is 2.33. The number of ether oxygens (including phenoxy) is 1. The summed E-state index contributed by atoms with van der Waals surface area (Å²) in [7, 11) is 0. The van der Waals surface area contributed by atoms with Crippen molar-refractivity contribution in [2.45, 2.75) is 25.3 Å². The van der Waals surface area contributed by atoms with Gasteiger partial charge < -0.3 is 10.1 Å². The van der Waals surface area contributed by atoms with E-state index >= 15 is 0 Å². The molecule has 1 amide bonds. The molecule has 1 aliphatic carbocycles. The molecule has 0 radical (unpaired) electrons. The molecule has 0 atom stereocenters. The van der Waals surface area contributed by atoms with Crippen molar-refractivity contribution >= 4 is 6.09 Å². The Kier molecular flexibility index (Phi) is 0.993. The van der Waals surface area contributed by atoms with Gasteiger partial charge in [0.2, 0.25) is 0 Å². The molecule has 1 saturated carbocycles. The molecule has 1 heterocycles. The number of carbonyl (C=O) groups is 1. The summed E-state index contributed by atoms with van der Waals surface area (Å²) in [6.45, 7) is 2.77. The van der Waals surface area contributed by atoms with E-state index in [2.05, 4.69) is 12.2 Å². The number of alkyl carbamates (subject to hydrolysis) is 1. The van der Waals surface area contributed by atoms with Gasteiger partial charge in [-0.2, -0.15) is 0 Å². The Morgan fingerprint density at radius 3 is 2.80 bits per heavy atom. The van der Waals surface area contributed by atoms with E-state index in [-0.39, 0.29) is 11.6 Å². The minimum absolute atomic E-state index is 0.0382. The third kappa shape index (κ3) is 0.696. The smallest absolute Gasteiger partial charge is 0.407 e. The number of hydrogen-bond donors (Lipinski definition) is 1. The minimum atomic E-state index is -0.244. The Bertz CT molecular complexity index is 172. The summed E-state index contributed by atoms with van der Waals surface area (Å²) in [5.41, 5.74) is 0.0382. The first-order valence-electron chi connectivity index (χ1n) is 3.65. The van der Waals surface area contributed by atoms with Crippen molar-refractivity contribution in [1.82, 2.24) is 5.32 Å². The maximum atomic E-state index is 10.6. The average molecular weight is 141 g/mol. The molecular weight excluding hydrogens is 130 g/mol. The summed E-state index contributed by atoms with van der Waals surface area (Å²) >= 11 is 0. The highest BCUT2D eigenvalue weighted by molar-refractivity contribution is 5.71. The molecule has 0 aromatic carbocycles. The maximum absolute atomic E-state index is 10.6. The molecule has 0 bridgehead atoms. The van der Waals surface area contributed by atoms with Crippen molar-refractivity contribution in [3.63, 3.8) is 0 Å². The van der Waals surface area contributed by atoms with E-state index in [1.807, 2.05) is 0 Å². The first-order chi connectivity index (χ1) is 4.70. The van der Waals surface area contributed by atoms with E-state index in [4.69, 9.17) is 4.74 Å². The summed E-state index contributed by atoms with van der Waals surface area (Å²) in [5, 5.41) is 2.84. The van der Waals surface area contributed by atoms with Gasteiger partial charge in [0.1, 0.15) is 6.61 Å². The molecule has 1 saturated heterocycles. The lowest BCUT2D eigenvalue weighted by Crippen LogP contribution is -2.53. The van der Waals surface area contributed by atoms with Crippen LogP contribution in [0.2, 0.25) is 0 Å². The Balaban J connectivity index is 2.01. The van der Waals surface area contributed by atoms with Crippen molar-refractivity contribution in [1.29, 1.82) is 0 Å². The molecule has 1 spiro atoms. The number of amides is 1. The zero-order chi connectivity index (χ0) is 7.19. The second kappa shape index (κ2) is 1.65. The molecule has 1 N–H and O–H groups in total. The molecule has 2 fully saturated rings. The molecule has 56 valence electrons. The molecular formula is C7H11NO2. The van der Waals surface area contributed by atoms with E-state index in [1.165, 1.54) is 0 Å². The minimum Gasteiger partial charge on any atom is -0.447 e. The van der Waals surface area contributed by atoms with E-state index in [9.17, 15) is 4.79 Å². The van der Waals surface area contributed by atoms with Crippen LogP contribution < -0.4 is 5.32 Å². The van der Waals surface area contributed by atoms with Gasteiger partial charge in [-0.1, -0.05) is 6.92 Å². The normalized spacial score (nSPS) is 44.5. The lowest BCUT2D eigenvalue weighted by molar-refractivity contribution is 0.112. The Morgan fingerprint density at radius 2 is 2.40 bits per heavy atom. The highest BCUT2D eigenvalue weighted by Crippen LogP contribution is 2.39. The SMILES string of the molecule is CC1CC2(COC(=O)N2)C1. The van der Waals surface area contributed by atoms with Gasteiger partial charge in [-0.05, 0) is 18.8 Å². The van der Waals surface area contributed by atoms with Gasteiger partial charge in [-0.15, -0.1) is 0 Å². The van der Waals surface area contributed by atoms with Crippen LogP contribution in [0.15, 0.2) is 0 Å². The molecule has 10 heavy (non-hydrogen) atoms. The van der Waals surface area contributed by atoms with E-state index in [1.54, 1.807) is 0 Å². The highest BCUT2D eigenvalue weighted by atomic mass is 16.6. The molecule has 2 aliphatic rings. The van der Waals surface area contributed by atoms with Gasteiger partial charge in [0.15, 0.2) is 0 Å². The first kappa shape index (κ1) is 6.01. The van der Waals surface area contributed by atoms with Gasteiger partial charge in [0.25, 0.3) is 0 Å². The number of nitrogens with one attached hydrogen (secondary N) is 1. The van der Waals surface area contributed by atoms with Crippen LogP contribution in [0.3, 0.4) is 0 Å².